The summed E-state index contributed by atoms with van der Waals surface area (Å²) in [6.07, 6.45) is 12.3. The van der Waals surface area contributed by atoms with Crippen LogP contribution in [0.5, 0.6) is 0 Å². The standard InChI is InChI=1S/C14H23N3O/c1-2-3-4-5-6-7-8-10-13(18)17-14-15-11-9-12-16-14/h9,11-12H,2-8,10H2,1H3,(H,15,16,17,18). The molecular weight excluding hydrogens is 226 g/mol. The summed E-state index contributed by atoms with van der Waals surface area (Å²) >= 11 is 0. The van der Waals surface area contributed by atoms with E-state index in [2.05, 4.69) is 22.2 Å². The summed E-state index contributed by atoms with van der Waals surface area (Å²) in [7, 11) is 0. The van der Waals surface area contributed by atoms with Crippen molar-refractivity contribution in [3.05, 3.63) is 18.5 Å². The number of amides is 1. The number of carbonyl (C=O) groups excluding carboxylic acids is 1. The highest BCUT2D eigenvalue weighted by molar-refractivity contribution is 5.88. The third-order valence-corrected chi connectivity index (χ3v) is 2.82. The van der Waals surface area contributed by atoms with Crippen molar-refractivity contribution in [3.8, 4) is 0 Å². The molecule has 4 heteroatoms. The van der Waals surface area contributed by atoms with Crippen molar-refractivity contribution >= 4 is 11.9 Å². The van der Waals surface area contributed by atoms with Gasteiger partial charge in [-0.2, -0.15) is 0 Å². The molecule has 0 aliphatic carbocycles. The zero-order valence-electron chi connectivity index (χ0n) is 11.2. The number of unbranched alkanes of at least 4 members (excludes halogenated alkanes) is 6. The summed E-state index contributed by atoms with van der Waals surface area (Å²) < 4.78 is 0. The molecule has 0 aliphatic heterocycles. The first-order valence-electron chi connectivity index (χ1n) is 6.90. The minimum absolute atomic E-state index is 0.00904. The fraction of sp³-hybridized carbons (Fsp3) is 0.643. The Balaban J connectivity index is 2.00. The highest BCUT2D eigenvalue weighted by Gasteiger charge is 2.03. The lowest BCUT2D eigenvalue weighted by Gasteiger charge is -2.03. The van der Waals surface area contributed by atoms with Crippen LogP contribution in [0.4, 0.5) is 5.95 Å². The number of carbonyl (C=O) groups is 1. The number of rotatable bonds is 9. The molecule has 4 nitrogen and oxygen atoms in total. The molecule has 0 atom stereocenters. The van der Waals surface area contributed by atoms with Gasteiger partial charge in [0.25, 0.3) is 0 Å². The Morgan fingerprint density at radius 2 is 1.67 bits per heavy atom. The Kier molecular flexibility index (Phi) is 7.77. The summed E-state index contributed by atoms with van der Waals surface area (Å²) in [5.41, 5.74) is 0. The SMILES string of the molecule is CCCCCCCCCC(=O)Nc1ncccn1. The molecule has 0 bridgehead atoms. The molecule has 0 aromatic carbocycles. The van der Waals surface area contributed by atoms with Gasteiger partial charge in [-0.25, -0.2) is 9.97 Å². The van der Waals surface area contributed by atoms with E-state index in [1.807, 2.05) is 0 Å². The molecule has 1 aromatic rings. The molecule has 0 fully saturated rings. The van der Waals surface area contributed by atoms with E-state index in [-0.39, 0.29) is 5.91 Å². The van der Waals surface area contributed by atoms with Gasteiger partial charge in [-0.15, -0.1) is 0 Å². The van der Waals surface area contributed by atoms with Gasteiger partial charge >= 0.3 is 0 Å². The molecular formula is C14H23N3O. The van der Waals surface area contributed by atoms with Crippen LogP contribution in [-0.4, -0.2) is 15.9 Å². The van der Waals surface area contributed by atoms with Crippen molar-refractivity contribution < 1.29 is 4.79 Å². The van der Waals surface area contributed by atoms with Crippen molar-refractivity contribution in [2.45, 2.75) is 58.3 Å². The molecule has 18 heavy (non-hydrogen) atoms. The lowest BCUT2D eigenvalue weighted by Crippen LogP contribution is -2.13. The predicted octanol–water partition coefficient (Wildman–Crippen LogP) is 3.56. The summed E-state index contributed by atoms with van der Waals surface area (Å²) in [6, 6.07) is 1.73. The van der Waals surface area contributed by atoms with Gasteiger partial charge in [0.1, 0.15) is 0 Å². The van der Waals surface area contributed by atoms with Gasteiger partial charge in [-0.3, -0.25) is 10.1 Å². The molecule has 0 unspecified atom stereocenters. The maximum absolute atomic E-state index is 11.6. The molecule has 1 aromatic heterocycles. The van der Waals surface area contributed by atoms with Crippen molar-refractivity contribution in [1.82, 2.24) is 9.97 Å². The smallest absolute Gasteiger partial charge is 0.229 e. The van der Waals surface area contributed by atoms with Crippen LogP contribution in [0.3, 0.4) is 0 Å². The first-order chi connectivity index (χ1) is 8.83. The van der Waals surface area contributed by atoms with Crippen LogP contribution < -0.4 is 5.32 Å². The second kappa shape index (κ2) is 9.57. The molecule has 0 aliphatic rings. The van der Waals surface area contributed by atoms with Crippen LogP contribution in [0.25, 0.3) is 0 Å². The third-order valence-electron chi connectivity index (χ3n) is 2.82. The van der Waals surface area contributed by atoms with E-state index >= 15 is 0 Å². The zero-order valence-corrected chi connectivity index (χ0v) is 11.2. The van der Waals surface area contributed by atoms with Crippen LogP contribution in [0.1, 0.15) is 58.3 Å². The molecule has 1 amide bonds. The average Bonchev–Trinajstić information content (AvgIpc) is 2.39. The lowest BCUT2D eigenvalue weighted by molar-refractivity contribution is -0.116. The van der Waals surface area contributed by atoms with Gasteiger partial charge in [-0.1, -0.05) is 45.4 Å². The number of hydrogen-bond acceptors (Lipinski definition) is 3. The molecule has 1 rings (SSSR count). The molecule has 1 heterocycles. The van der Waals surface area contributed by atoms with Gasteiger partial charge in [0, 0.05) is 18.8 Å². The normalized spacial score (nSPS) is 10.3. The number of aromatic nitrogens is 2. The van der Waals surface area contributed by atoms with Crippen molar-refractivity contribution in [2.24, 2.45) is 0 Å². The van der Waals surface area contributed by atoms with Crippen LogP contribution in [-0.2, 0) is 4.79 Å². The van der Waals surface area contributed by atoms with Crippen LogP contribution in [0.15, 0.2) is 18.5 Å². The Labute approximate surface area is 109 Å². The summed E-state index contributed by atoms with van der Waals surface area (Å²) in [5.74, 6) is 0.403. The van der Waals surface area contributed by atoms with E-state index in [1.165, 1.54) is 32.1 Å². The van der Waals surface area contributed by atoms with Crippen molar-refractivity contribution in [2.75, 3.05) is 5.32 Å². The summed E-state index contributed by atoms with van der Waals surface area (Å²) in [5, 5.41) is 2.69. The predicted molar refractivity (Wildman–Crippen MR) is 73.3 cm³/mol. The Hall–Kier alpha value is -1.45. The minimum Gasteiger partial charge on any atom is -0.295 e. The molecule has 0 saturated carbocycles. The Bertz CT molecular complexity index is 327. The maximum Gasteiger partial charge on any atom is 0.229 e. The molecule has 100 valence electrons. The zero-order chi connectivity index (χ0) is 13.1. The summed E-state index contributed by atoms with van der Waals surface area (Å²) in [6.45, 7) is 2.22. The first-order valence-corrected chi connectivity index (χ1v) is 6.90. The minimum atomic E-state index is 0.00904. The van der Waals surface area contributed by atoms with Crippen LogP contribution in [0.2, 0.25) is 0 Å². The van der Waals surface area contributed by atoms with Gasteiger partial charge < -0.3 is 0 Å². The average molecular weight is 249 g/mol. The highest BCUT2D eigenvalue weighted by Crippen LogP contribution is 2.08. The number of nitrogens with one attached hydrogen (secondary N) is 1. The maximum atomic E-state index is 11.6. The van der Waals surface area contributed by atoms with Gasteiger partial charge in [-0.05, 0) is 12.5 Å². The van der Waals surface area contributed by atoms with Gasteiger partial charge in [0.05, 0.1) is 0 Å². The monoisotopic (exact) mass is 249 g/mol. The van der Waals surface area contributed by atoms with Crippen LogP contribution in [0, 0.1) is 0 Å². The Morgan fingerprint density at radius 1 is 1.06 bits per heavy atom. The second-order valence-electron chi connectivity index (χ2n) is 4.49. The number of nitrogens with zero attached hydrogens (tertiary/aromatic N) is 2. The van der Waals surface area contributed by atoms with Crippen LogP contribution >= 0.6 is 0 Å². The van der Waals surface area contributed by atoms with E-state index in [0.717, 1.165) is 12.8 Å². The second-order valence-corrected chi connectivity index (χ2v) is 4.49. The van der Waals surface area contributed by atoms with Gasteiger partial charge in [0.15, 0.2) is 0 Å². The fourth-order valence-electron chi connectivity index (χ4n) is 1.79. The topological polar surface area (TPSA) is 54.9 Å². The highest BCUT2D eigenvalue weighted by atomic mass is 16.1. The Morgan fingerprint density at radius 3 is 2.33 bits per heavy atom. The van der Waals surface area contributed by atoms with E-state index in [1.54, 1.807) is 18.5 Å². The molecule has 1 N–H and O–H groups in total. The largest absolute Gasteiger partial charge is 0.295 e. The third kappa shape index (κ3) is 6.99. The summed E-state index contributed by atoms with van der Waals surface area (Å²) in [4.78, 5) is 19.5. The quantitative estimate of drug-likeness (QED) is 0.681. The van der Waals surface area contributed by atoms with Crippen molar-refractivity contribution in [3.63, 3.8) is 0 Å². The molecule has 0 saturated heterocycles. The first kappa shape index (κ1) is 14.6. The van der Waals surface area contributed by atoms with E-state index in [0.29, 0.717) is 12.4 Å². The van der Waals surface area contributed by atoms with E-state index in [4.69, 9.17) is 0 Å². The molecule has 0 spiro atoms. The number of hydrogen-bond donors (Lipinski definition) is 1. The number of anilines is 1. The van der Waals surface area contributed by atoms with E-state index < -0.39 is 0 Å². The fourth-order valence-corrected chi connectivity index (χ4v) is 1.79. The van der Waals surface area contributed by atoms with E-state index in [9.17, 15) is 4.79 Å². The lowest BCUT2D eigenvalue weighted by atomic mass is 10.1. The molecule has 0 radical (unpaired) electrons. The van der Waals surface area contributed by atoms with Crippen molar-refractivity contribution in [1.29, 1.82) is 0 Å². The van der Waals surface area contributed by atoms with Gasteiger partial charge in [0.2, 0.25) is 11.9 Å².